The zero-order chi connectivity index (χ0) is 13.2. The van der Waals surface area contributed by atoms with Gasteiger partial charge in [0.1, 0.15) is 0 Å². The molecule has 0 heteroatoms. The number of rotatable bonds is 1. The van der Waals surface area contributed by atoms with Crippen LogP contribution in [0.2, 0.25) is 0 Å². The van der Waals surface area contributed by atoms with E-state index < -0.39 is 0 Å². The monoisotopic (exact) mass is 222 g/mol. The van der Waals surface area contributed by atoms with Crippen LogP contribution >= 0.6 is 0 Å². The molecule has 3 aliphatic rings. The highest BCUT2D eigenvalue weighted by Gasteiger charge is 2.72. The molecule has 3 aliphatic carbocycles. The molecule has 0 nitrogen and oxygen atoms in total. The Morgan fingerprint density at radius 3 is 2.44 bits per heavy atom. The van der Waals surface area contributed by atoms with Crippen molar-refractivity contribution in [3.63, 3.8) is 0 Å². The van der Waals surface area contributed by atoms with Crippen LogP contribution < -0.4 is 0 Å². The second kappa shape index (κ2) is 2.70. The van der Waals surface area contributed by atoms with Crippen molar-refractivity contribution in [2.75, 3.05) is 0 Å². The second-order valence-electron chi connectivity index (χ2n) is 7.88. The topological polar surface area (TPSA) is 0 Å². The fraction of sp³-hybridized carbons (Fsp3) is 1.00. The maximum atomic E-state index is 7.87. The van der Waals surface area contributed by atoms with Gasteiger partial charge in [0.25, 0.3) is 0 Å². The molecule has 0 heterocycles. The lowest BCUT2D eigenvalue weighted by Crippen LogP contribution is -2.54. The Morgan fingerprint density at radius 1 is 1.25 bits per heavy atom. The summed E-state index contributed by atoms with van der Waals surface area (Å²) in [6.45, 7) is 8.58. The van der Waals surface area contributed by atoms with E-state index in [-0.39, 0.29) is 5.41 Å². The molecular weight excluding hydrogens is 192 g/mol. The van der Waals surface area contributed by atoms with Crippen molar-refractivity contribution in [2.24, 2.45) is 27.6 Å². The summed E-state index contributed by atoms with van der Waals surface area (Å²) in [7, 11) is 0. The van der Waals surface area contributed by atoms with Gasteiger partial charge in [-0.25, -0.2) is 0 Å². The third kappa shape index (κ3) is 0.946. The normalized spacial score (nSPS) is 59.6. The summed E-state index contributed by atoms with van der Waals surface area (Å²) in [6, 6.07) is 0. The lowest BCUT2D eigenvalue weighted by Gasteiger charge is -2.63. The molecule has 0 radical (unpaired) electrons. The Hall–Kier alpha value is 0. The van der Waals surface area contributed by atoms with Gasteiger partial charge < -0.3 is 0 Å². The molecule has 3 fully saturated rings. The molecule has 1 spiro atoms. The molecule has 0 aromatic heterocycles. The van der Waals surface area contributed by atoms with Crippen molar-refractivity contribution < 1.29 is 2.74 Å². The van der Waals surface area contributed by atoms with E-state index in [9.17, 15) is 0 Å². The van der Waals surface area contributed by atoms with Gasteiger partial charge in [-0.1, -0.05) is 41.0 Å². The van der Waals surface area contributed by atoms with Crippen LogP contribution in [0.15, 0.2) is 0 Å². The Labute approximate surface area is 104 Å². The van der Waals surface area contributed by atoms with Crippen molar-refractivity contribution in [3.05, 3.63) is 0 Å². The van der Waals surface area contributed by atoms with Crippen LogP contribution in [0.5, 0.6) is 0 Å². The first kappa shape index (κ1) is 9.00. The summed E-state index contributed by atoms with van der Waals surface area (Å²) in [5, 5.41) is 0. The van der Waals surface area contributed by atoms with Gasteiger partial charge in [0.2, 0.25) is 0 Å². The van der Waals surface area contributed by atoms with E-state index in [0.29, 0.717) is 30.0 Å². The van der Waals surface area contributed by atoms with Crippen LogP contribution in [0.1, 0.15) is 75.8 Å². The van der Waals surface area contributed by atoms with Crippen molar-refractivity contribution in [2.45, 2.75) is 73.1 Å². The molecule has 92 valence electrons. The van der Waals surface area contributed by atoms with E-state index in [1.807, 2.05) is 0 Å². The molecule has 3 rings (SSSR count). The van der Waals surface area contributed by atoms with E-state index in [1.165, 1.54) is 32.1 Å². The Kier molecular flexibility index (Phi) is 1.52. The van der Waals surface area contributed by atoms with Crippen molar-refractivity contribution in [1.29, 1.82) is 0 Å². The zero-order valence-corrected chi connectivity index (χ0v) is 11.2. The highest BCUT2D eigenvalue weighted by atomic mass is 14.8. The Bertz CT molecular complexity index is 354. The van der Waals surface area contributed by atoms with Gasteiger partial charge in [0.15, 0.2) is 0 Å². The lowest BCUT2D eigenvalue weighted by molar-refractivity contribution is -0.131. The molecule has 0 aromatic carbocycles. The maximum absolute atomic E-state index is 7.87. The van der Waals surface area contributed by atoms with E-state index in [4.69, 9.17) is 2.74 Å². The molecule has 0 aromatic rings. The summed E-state index contributed by atoms with van der Waals surface area (Å²) in [5.41, 5.74) is 1.76. The van der Waals surface area contributed by atoms with Gasteiger partial charge in [0.05, 0.1) is 0 Å². The predicted molar refractivity (Wildman–Crippen MR) is 69.3 cm³/mol. The molecule has 0 saturated heterocycles. The van der Waals surface area contributed by atoms with Gasteiger partial charge in [-0.3, -0.25) is 0 Å². The predicted octanol–water partition coefficient (Wildman–Crippen LogP) is 5.03. The fourth-order valence-electron chi connectivity index (χ4n) is 5.69. The third-order valence-corrected chi connectivity index (χ3v) is 7.20. The summed E-state index contributed by atoms with van der Waals surface area (Å²) in [5.74, 6) is 0.919. The van der Waals surface area contributed by atoms with Crippen LogP contribution in [-0.4, -0.2) is 0 Å². The number of fused-ring (bicyclic) bond motifs is 3. The van der Waals surface area contributed by atoms with E-state index in [1.54, 1.807) is 0 Å². The Morgan fingerprint density at radius 2 is 2.00 bits per heavy atom. The van der Waals surface area contributed by atoms with Gasteiger partial charge >= 0.3 is 0 Å². The van der Waals surface area contributed by atoms with Crippen molar-refractivity contribution in [3.8, 4) is 0 Å². The van der Waals surface area contributed by atoms with Gasteiger partial charge in [-0.15, -0.1) is 0 Å². The van der Waals surface area contributed by atoms with Crippen LogP contribution in [0, 0.1) is 27.6 Å². The third-order valence-electron chi connectivity index (χ3n) is 7.20. The molecule has 0 amide bonds. The highest BCUT2D eigenvalue weighted by Crippen LogP contribution is 2.81. The second-order valence-corrected chi connectivity index (χ2v) is 7.88. The van der Waals surface area contributed by atoms with Crippen LogP contribution in [0.4, 0.5) is 0 Å². The van der Waals surface area contributed by atoms with Crippen molar-refractivity contribution >= 4 is 0 Å². The van der Waals surface area contributed by atoms with Crippen LogP contribution in [0.25, 0.3) is 0 Å². The summed E-state index contributed by atoms with van der Waals surface area (Å²) < 4.78 is 15.4. The minimum atomic E-state index is 0.214. The first-order valence-corrected chi connectivity index (χ1v) is 6.93. The standard InChI is InChI=1S/C16H28/c1-6-14(4)10-16(11-14)9-12-7-8-15(16,5)13(12,2)3/h12H,6-11H2,1-5H3/i1D,4D. The molecule has 2 unspecified atom stereocenters. The maximum Gasteiger partial charge on any atom is 0.0236 e. The molecule has 0 N–H and O–H groups in total. The molecule has 2 atom stereocenters. The molecule has 2 bridgehead atoms. The molecular formula is C16H28. The summed E-state index contributed by atoms with van der Waals surface area (Å²) in [6.07, 6.45) is 7.70. The number of hydrogen-bond donors (Lipinski definition) is 0. The van der Waals surface area contributed by atoms with Gasteiger partial charge in [-0.05, 0) is 59.7 Å². The zero-order valence-electron chi connectivity index (χ0n) is 13.2. The molecule has 3 saturated carbocycles. The smallest absolute Gasteiger partial charge is 0.0236 e. The largest absolute Gasteiger partial charge is 0.0649 e. The van der Waals surface area contributed by atoms with Crippen molar-refractivity contribution in [1.82, 2.24) is 0 Å². The van der Waals surface area contributed by atoms with Crippen LogP contribution in [-0.2, 0) is 0 Å². The molecule has 16 heavy (non-hydrogen) atoms. The minimum Gasteiger partial charge on any atom is -0.0649 e. The SMILES string of the molecule is [2H]CCC1(C[2H])CC2(CC3CCC2(C)C3(C)C)C1. The van der Waals surface area contributed by atoms with Gasteiger partial charge in [-0.2, -0.15) is 0 Å². The first-order chi connectivity index (χ1) is 8.35. The first-order valence-electron chi connectivity index (χ1n) is 8.35. The fourth-order valence-corrected chi connectivity index (χ4v) is 5.69. The minimum absolute atomic E-state index is 0.214. The Balaban J connectivity index is 1.85. The number of hydrogen-bond acceptors (Lipinski definition) is 0. The lowest BCUT2D eigenvalue weighted by atomic mass is 9.42. The van der Waals surface area contributed by atoms with Crippen LogP contribution in [0.3, 0.4) is 0 Å². The van der Waals surface area contributed by atoms with E-state index >= 15 is 0 Å². The van der Waals surface area contributed by atoms with E-state index in [0.717, 1.165) is 12.3 Å². The average Bonchev–Trinajstić information content (AvgIpc) is 2.59. The molecule has 0 aliphatic heterocycles. The quantitative estimate of drug-likeness (QED) is 0.584. The summed E-state index contributed by atoms with van der Waals surface area (Å²) in [4.78, 5) is 0. The van der Waals surface area contributed by atoms with Gasteiger partial charge in [0, 0.05) is 2.74 Å². The summed E-state index contributed by atoms with van der Waals surface area (Å²) >= 11 is 0. The highest BCUT2D eigenvalue weighted by molar-refractivity contribution is 5.22. The average molecular weight is 222 g/mol. The van der Waals surface area contributed by atoms with E-state index in [2.05, 4.69) is 20.8 Å².